The smallest absolute Gasteiger partial charge is 0.393 e. The van der Waals surface area contributed by atoms with Crippen LogP contribution in [0.15, 0.2) is 66.9 Å². The zero-order chi connectivity index (χ0) is 25.2. The number of nitrogens with one attached hydrogen (secondary N) is 1. The first-order chi connectivity index (χ1) is 16.6. The molecule has 2 unspecified atom stereocenters. The van der Waals surface area contributed by atoms with Gasteiger partial charge in [0.05, 0.1) is 22.4 Å². The van der Waals surface area contributed by atoms with Crippen molar-refractivity contribution < 1.29 is 27.5 Å². The number of halogens is 5. The number of aliphatic hydroxyl groups excluding tert-OH is 1. The summed E-state index contributed by atoms with van der Waals surface area (Å²) in [5.41, 5.74) is -2.02. The molecule has 1 aliphatic rings. The molecule has 184 valence electrons. The van der Waals surface area contributed by atoms with E-state index < -0.39 is 41.0 Å². The molecule has 0 aliphatic heterocycles. The minimum Gasteiger partial charge on any atom is -0.393 e. The topological polar surface area (TPSA) is 62.2 Å². The molecule has 35 heavy (non-hydrogen) atoms. The average Bonchev–Trinajstić information content (AvgIpc) is 3.25. The highest BCUT2D eigenvalue weighted by atomic mass is 35.5. The fraction of sp³-hybridized carbons (Fsp3) is 0.308. The number of nitrogens with zero attached hydrogens (tertiary/aromatic N) is 1. The Morgan fingerprint density at radius 1 is 1.06 bits per heavy atom. The number of pyridine rings is 1. The van der Waals surface area contributed by atoms with E-state index in [1.165, 1.54) is 18.3 Å². The molecule has 0 saturated heterocycles. The summed E-state index contributed by atoms with van der Waals surface area (Å²) in [6.45, 7) is 0. The summed E-state index contributed by atoms with van der Waals surface area (Å²) >= 11 is 6.02. The maximum Gasteiger partial charge on any atom is 0.416 e. The molecule has 1 fully saturated rings. The Labute approximate surface area is 205 Å². The third kappa shape index (κ3) is 5.65. The summed E-state index contributed by atoms with van der Waals surface area (Å²) in [6.07, 6.45) is -2.99. The number of hydrogen-bond donors (Lipinski definition) is 2. The van der Waals surface area contributed by atoms with Crippen LogP contribution < -0.4 is 5.32 Å². The maximum absolute atomic E-state index is 14.6. The predicted octanol–water partition coefficient (Wildman–Crippen LogP) is 5.66. The lowest BCUT2D eigenvalue weighted by Gasteiger charge is -2.36. The number of aliphatic hydroxyl groups is 1. The van der Waals surface area contributed by atoms with Gasteiger partial charge < -0.3 is 10.4 Å². The van der Waals surface area contributed by atoms with Crippen molar-refractivity contribution in [2.45, 2.75) is 43.5 Å². The van der Waals surface area contributed by atoms with Crippen molar-refractivity contribution in [1.82, 2.24) is 10.3 Å². The van der Waals surface area contributed by atoms with Gasteiger partial charge in [-0.15, -0.1) is 0 Å². The van der Waals surface area contributed by atoms with Gasteiger partial charge in [0, 0.05) is 18.5 Å². The van der Waals surface area contributed by atoms with Crippen molar-refractivity contribution in [3.05, 3.63) is 100 Å². The molecule has 3 aromatic rings. The van der Waals surface area contributed by atoms with E-state index in [0.29, 0.717) is 29.5 Å². The zero-order valence-electron chi connectivity index (χ0n) is 18.5. The molecule has 2 N–H and O–H groups in total. The SMILES string of the molecule is O=C(N[C@](Cc1ccccc1)(c1cc(F)cc(C(F)(F)F)c1)c1ccc(Cl)cn1)C1CCC(O)C1. The Morgan fingerprint density at radius 2 is 1.77 bits per heavy atom. The Balaban J connectivity index is 1.93. The molecule has 1 heterocycles. The van der Waals surface area contributed by atoms with Crippen LogP contribution in [0, 0.1) is 11.7 Å². The maximum atomic E-state index is 14.6. The highest BCUT2D eigenvalue weighted by Crippen LogP contribution is 2.38. The Bertz CT molecular complexity index is 1190. The molecule has 3 atom stereocenters. The second kappa shape index (κ2) is 9.95. The van der Waals surface area contributed by atoms with Crippen molar-refractivity contribution >= 4 is 17.5 Å². The summed E-state index contributed by atoms with van der Waals surface area (Å²) in [4.78, 5) is 17.7. The number of carbonyl (C=O) groups excluding carboxylic acids is 1. The van der Waals surface area contributed by atoms with E-state index in [-0.39, 0.29) is 24.1 Å². The monoisotopic (exact) mass is 506 g/mol. The lowest BCUT2D eigenvalue weighted by atomic mass is 9.79. The van der Waals surface area contributed by atoms with Crippen LogP contribution in [-0.2, 0) is 22.9 Å². The summed E-state index contributed by atoms with van der Waals surface area (Å²) < 4.78 is 55.6. The van der Waals surface area contributed by atoms with Crippen LogP contribution in [0.2, 0.25) is 5.02 Å². The third-order valence-electron chi connectivity index (χ3n) is 6.31. The highest BCUT2D eigenvalue weighted by molar-refractivity contribution is 6.30. The van der Waals surface area contributed by atoms with Crippen LogP contribution in [0.1, 0.15) is 41.6 Å². The van der Waals surface area contributed by atoms with Gasteiger partial charge >= 0.3 is 6.18 Å². The Morgan fingerprint density at radius 3 is 2.37 bits per heavy atom. The molecule has 1 aliphatic carbocycles. The number of alkyl halides is 3. The molecule has 4 rings (SSSR count). The summed E-state index contributed by atoms with van der Waals surface area (Å²) in [7, 11) is 0. The van der Waals surface area contributed by atoms with Crippen LogP contribution in [-0.4, -0.2) is 22.1 Å². The first-order valence-corrected chi connectivity index (χ1v) is 11.5. The lowest BCUT2D eigenvalue weighted by Crippen LogP contribution is -2.51. The van der Waals surface area contributed by atoms with Crippen molar-refractivity contribution in [2.24, 2.45) is 5.92 Å². The van der Waals surface area contributed by atoms with E-state index in [9.17, 15) is 27.5 Å². The van der Waals surface area contributed by atoms with Gasteiger partial charge in [0.2, 0.25) is 5.91 Å². The van der Waals surface area contributed by atoms with Gasteiger partial charge in [-0.05, 0) is 60.7 Å². The highest BCUT2D eigenvalue weighted by Gasteiger charge is 2.42. The molecular weight excluding hydrogens is 484 g/mol. The number of amides is 1. The fourth-order valence-corrected chi connectivity index (χ4v) is 4.67. The third-order valence-corrected chi connectivity index (χ3v) is 6.53. The molecule has 4 nitrogen and oxygen atoms in total. The number of hydrogen-bond acceptors (Lipinski definition) is 3. The van der Waals surface area contributed by atoms with E-state index in [4.69, 9.17) is 11.6 Å². The molecule has 0 bridgehead atoms. The van der Waals surface area contributed by atoms with Crippen LogP contribution in [0.3, 0.4) is 0 Å². The van der Waals surface area contributed by atoms with E-state index in [1.807, 2.05) is 0 Å². The van der Waals surface area contributed by atoms with Gasteiger partial charge in [-0.1, -0.05) is 41.9 Å². The molecule has 1 aromatic heterocycles. The van der Waals surface area contributed by atoms with Crippen LogP contribution >= 0.6 is 11.6 Å². The summed E-state index contributed by atoms with van der Waals surface area (Å²) in [5, 5.41) is 13.1. The van der Waals surface area contributed by atoms with Gasteiger partial charge in [0.15, 0.2) is 0 Å². The second-order valence-corrected chi connectivity index (χ2v) is 9.25. The number of rotatable bonds is 6. The molecular formula is C26H23ClF4N2O2. The first-order valence-electron chi connectivity index (χ1n) is 11.1. The summed E-state index contributed by atoms with van der Waals surface area (Å²) in [6, 6.07) is 14.1. The van der Waals surface area contributed by atoms with Crippen molar-refractivity contribution in [1.29, 1.82) is 0 Å². The predicted molar refractivity (Wildman–Crippen MR) is 123 cm³/mol. The molecule has 0 radical (unpaired) electrons. The van der Waals surface area contributed by atoms with Crippen molar-refractivity contribution in [3.8, 4) is 0 Å². The van der Waals surface area contributed by atoms with Crippen LogP contribution in [0.5, 0.6) is 0 Å². The molecule has 0 spiro atoms. The second-order valence-electron chi connectivity index (χ2n) is 8.81. The molecule has 1 amide bonds. The zero-order valence-corrected chi connectivity index (χ0v) is 19.3. The van der Waals surface area contributed by atoms with E-state index in [0.717, 1.165) is 12.1 Å². The average molecular weight is 507 g/mol. The van der Waals surface area contributed by atoms with Gasteiger partial charge in [0.1, 0.15) is 11.4 Å². The van der Waals surface area contributed by atoms with Crippen LogP contribution in [0.25, 0.3) is 0 Å². The minimum atomic E-state index is -4.80. The van der Waals surface area contributed by atoms with Gasteiger partial charge in [-0.3, -0.25) is 9.78 Å². The first kappa shape index (κ1) is 25.1. The van der Waals surface area contributed by atoms with Crippen LogP contribution in [0.4, 0.5) is 17.6 Å². The Kier molecular flexibility index (Phi) is 7.15. The standard InChI is InChI=1S/C26H23ClF4N2O2/c27-20-7-9-23(32-15-20)25(14-16-4-2-1-3-5-16,33-24(35)17-6-8-22(34)10-17)18-11-19(26(29,30)31)13-21(28)12-18/h1-5,7,9,11-13,15,17,22,34H,6,8,10,14H2,(H,33,35)/t17?,22?,25-/m1/s1. The van der Waals surface area contributed by atoms with Crippen molar-refractivity contribution in [2.75, 3.05) is 0 Å². The van der Waals surface area contributed by atoms with Gasteiger partial charge in [-0.2, -0.15) is 13.2 Å². The lowest BCUT2D eigenvalue weighted by molar-refractivity contribution is -0.137. The van der Waals surface area contributed by atoms with E-state index in [2.05, 4.69) is 10.3 Å². The molecule has 9 heteroatoms. The van der Waals surface area contributed by atoms with Crippen molar-refractivity contribution in [3.63, 3.8) is 0 Å². The van der Waals surface area contributed by atoms with E-state index in [1.54, 1.807) is 30.3 Å². The molecule has 1 saturated carbocycles. The summed E-state index contributed by atoms with van der Waals surface area (Å²) in [5.74, 6) is -2.08. The molecule has 2 aromatic carbocycles. The fourth-order valence-electron chi connectivity index (χ4n) is 4.56. The quantitative estimate of drug-likeness (QED) is 0.424. The minimum absolute atomic E-state index is 0.00420. The normalized spacial score (nSPS) is 19.8. The Hall–Kier alpha value is -2.97. The van der Waals surface area contributed by atoms with Gasteiger partial charge in [-0.25, -0.2) is 4.39 Å². The largest absolute Gasteiger partial charge is 0.416 e. The number of benzene rings is 2. The van der Waals surface area contributed by atoms with E-state index >= 15 is 0 Å². The number of aromatic nitrogens is 1. The van der Waals surface area contributed by atoms with Gasteiger partial charge in [0.25, 0.3) is 0 Å². The number of carbonyl (C=O) groups is 1.